The maximum absolute atomic E-state index is 14.9. The normalized spacial score (nSPS) is 31.6. The first-order valence-corrected chi connectivity index (χ1v) is 19.2. The maximum Gasteiger partial charge on any atom is 0.287 e. The van der Waals surface area contributed by atoms with Crippen LogP contribution in [0.4, 0.5) is 5.69 Å². The Labute approximate surface area is 289 Å². The Morgan fingerprint density at radius 1 is 1.12 bits per heavy atom. The second-order valence-electron chi connectivity index (χ2n) is 14.7. The van der Waals surface area contributed by atoms with Gasteiger partial charge in [-0.05, 0) is 112 Å². The van der Waals surface area contributed by atoms with Crippen molar-refractivity contribution in [1.29, 1.82) is 0 Å². The van der Waals surface area contributed by atoms with Gasteiger partial charge in [0, 0.05) is 36.6 Å². The highest BCUT2D eigenvalue weighted by atomic mass is 35.5. The van der Waals surface area contributed by atoms with Crippen molar-refractivity contribution in [3.63, 3.8) is 0 Å². The Morgan fingerprint density at radius 3 is 2.69 bits per heavy atom. The lowest BCUT2D eigenvalue weighted by atomic mass is 9.68. The number of methoxy groups -OCH3 is 1. The van der Waals surface area contributed by atoms with E-state index in [1.165, 1.54) is 11.1 Å². The molecule has 0 radical (unpaired) electrons. The summed E-state index contributed by atoms with van der Waals surface area (Å²) in [4.78, 5) is 29.6. The minimum Gasteiger partial charge on any atom is -0.490 e. The summed E-state index contributed by atoms with van der Waals surface area (Å²) < 4.78 is 40.5. The summed E-state index contributed by atoms with van der Waals surface area (Å²) in [5.41, 5.74) is 1.65. The molecular formula is C37H46ClN3O6S. The van der Waals surface area contributed by atoms with Gasteiger partial charge in [-0.1, -0.05) is 36.2 Å². The fourth-order valence-electron chi connectivity index (χ4n) is 7.96. The molecule has 5 aliphatic rings. The number of hydrogen-bond acceptors (Lipinski definition) is 7. The van der Waals surface area contributed by atoms with E-state index >= 15 is 0 Å². The van der Waals surface area contributed by atoms with Crippen LogP contribution in [0.1, 0.15) is 69.9 Å². The van der Waals surface area contributed by atoms with Crippen LogP contribution in [-0.2, 0) is 40.8 Å². The summed E-state index contributed by atoms with van der Waals surface area (Å²) in [6, 6.07) is 11.5. The molecule has 0 aromatic heterocycles. The standard InChI is InChI=1S/C37H46ClN3O6S/c1-36(2)35(43)40-48(44,39-34(42)24-7-4-8-24)28-13-16-33-31(20-28)41(21-26-11-14-29(26)32(45-3)10-6-18-47-36)22-37(23-46-33)17-5-9-25-19-27(38)12-15-30(25)37/h6,10,12-13,15-16,19-20,24,26,29,32H,4-5,7-9,11,14,17-18,21-23H2,1-3H3,(H,39,40,42,43,44)/t26-,29+,32-,37-,48+/m0/s1. The van der Waals surface area contributed by atoms with E-state index in [-0.39, 0.29) is 34.8 Å². The van der Waals surface area contributed by atoms with Crippen molar-refractivity contribution >= 4 is 39.0 Å². The summed E-state index contributed by atoms with van der Waals surface area (Å²) in [5, 5.41) is 0.736. The second-order valence-corrected chi connectivity index (χ2v) is 17.0. The lowest BCUT2D eigenvalue weighted by molar-refractivity contribution is -0.137. The number of aryl methyl sites for hydroxylation is 1. The van der Waals surface area contributed by atoms with Crippen LogP contribution in [0.2, 0.25) is 5.02 Å². The lowest BCUT2D eigenvalue weighted by Gasteiger charge is -2.46. The molecule has 3 aliphatic carbocycles. The molecular weight excluding hydrogens is 650 g/mol. The fourth-order valence-corrected chi connectivity index (χ4v) is 9.84. The van der Waals surface area contributed by atoms with Gasteiger partial charge in [-0.2, -0.15) is 0 Å². The molecule has 48 heavy (non-hydrogen) atoms. The Hall–Kier alpha value is -2.92. The number of fused-ring (bicyclic) bond motifs is 4. The number of carbonyl (C=O) groups is 2. The van der Waals surface area contributed by atoms with Crippen LogP contribution in [0.25, 0.3) is 0 Å². The molecule has 2 saturated carbocycles. The summed E-state index contributed by atoms with van der Waals surface area (Å²) in [6.07, 6.45) is 11.3. The van der Waals surface area contributed by atoms with Crippen molar-refractivity contribution in [2.24, 2.45) is 22.1 Å². The molecule has 2 aliphatic heterocycles. The number of nitrogens with one attached hydrogen (secondary N) is 1. The third kappa shape index (κ3) is 6.30. The van der Waals surface area contributed by atoms with Crippen molar-refractivity contribution in [3.05, 3.63) is 64.7 Å². The topological polar surface area (TPSA) is 107 Å². The number of rotatable bonds is 3. The molecule has 7 rings (SSSR count). The Balaban J connectivity index is 1.36. The van der Waals surface area contributed by atoms with Crippen LogP contribution in [-0.4, -0.2) is 61.1 Å². The zero-order valence-corrected chi connectivity index (χ0v) is 29.6. The summed E-state index contributed by atoms with van der Waals surface area (Å²) in [6.45, 7) is 5.32. The zero-order valence-electron chi connectivity index (χ0n) is 28.0. The first kappa shape index (κ1) is 33.6. The van der Waals surface area contributed by atoms with Gasteiger partial charge < -0.3 is 19.1 Å². The fraction of sp³-hybridized carbons (Fsp3) is 0.568. The zero-order chi connectivity index (χ0) is 33.7. The van der Waals surface area contributed by atoms with Crippen molar-refractivity contribution in [1.82, 2.24) is 4.72 Å². The first-order valence-electron chi connectivity index (χ1n) is 17.3. The van der Waals surface area contributed by atoms with Crippen LogP contribution in [0.3, 0.4) is 0 Å². The van der Waals surface area contributed by atoms with Crippen LogP contribution < -0.4 is 14.4 Å². The van der Waals surface area contributed by atoms with Crippen molar-refractivity contribution in [2.45, 2.75) is 87.2 Å². The molecule has 2 aromatic rings. The van der Waals surface area contributed by atoms with Gasteiger partial charge in [0.2, 0.25) is 5.91 Å². The monoisotopic (exact) mass is 695 g/mol. The second kappa shape index (κ2) is 13.1. The molecule has 0 saturated heterocycles. The highest BCUT2D eigenvalue weighted by Crippen LogP contribution is 2.47. The van der Waals surface area contributed by atoms with E-state index in [9.17, 15) is 13.8 Å². The van der Waals surface area contributed by atoms with Gasteiger partial charge in [-0.15, -0.1) is 4.36 Å². The minimum atomic E-state index is -3.72. The smallest absolute Gasteiger partial charge is 0.287 e. The van der Waals surface area contributed by atoms with Crippen molar-refractivity contribution < 1.29 is 28.0 Å². The van der Waals surface area contributed by atoms with E-state index in [1.807, 2.05) is 30.4 Å². The van der Waals surface area contributed by atoms with E-state index in [2.05, 4.69) is 26.1 Å². The molecule has 11 heteroatoms. The highest BCUT2D eigenvalue weighted by molar-refractivity contribution is 7.92. The van der Waals surface area contributed by atoms with E-state index in [0.717, 1.165) is 68.6 Å². The Kier molecular flexibility index (Phi) is 9.15. The third-order valence-corrected chi connectivity index (χ3v) is 13.3. The van der Waals surface area contributed by atoms with Crippen LogP contribution >= 0.6 is 11.6 Å². The first-order chi connectivity index (χ1) is 23.0. The number of nitrogens with zero attached hydrogens (tertiary/aromatic N) is 2. The van der Waals surface area contributed by atoms with Gasteiger partial charge in [0.15, 0.2) is 9.92 Å². The van der Waals surface area contributed by atoms with Crippen LogP contribution in [0, 0.1) is 17.8 Å². The minimum absolute atomic E-state index is 0.0928. The number of benzene rings is 2. The van der Waals surface area contributed by atoms with Gasteiger partial charge in [0.05, 0.1) is 29.9 Å². The predicted octanol–water partition coefficient (Wildman–Crippen LogP) is 6.40. The van der Waals surface area contributed by atoms with Gasteiger partial charge >= 0.3 is 0 Å². The molecule has 2 aromatic carbocycles. The average Bonchev–Trinajstić information content (AvgIpc) is 3.16. The van der Waals surface area contributed by atoms with Gasteiger partial charge in [-0.25, -0.2) is 4.21 Å². The van der Waals surface area contributed by atoms with E-state index in [4.69, 9.17) is 25.8 Å². The molecule has 1 N–H and O–H groups in total. The third-order valence-electron chi connectivity index (χ3n) is 11.3. The Bertz CT molecular complexity index is 1750. The van der Waals surface area contributed by atoms with Crippen molar-refractivity contribution in [2.75, 3.05) is 38.3 Å². The molecule has 5 atom stereocenters. The average molecular weight is 696 g/mol. The lowest BCUT2D eigenvalue weighted by Crippen LogP contribution is -2.49. The summed E-state index contributed by atoms with van der Waals surface area (Å²) >= 11 is 6.46. The molecule has 9 nitrogen and oxygen atoms in total. The number of hydrogen-bond donors (Lipinski definition) is 1. The molecule has 258 valence electrons. The number of amides is 2. The van der Waals surface area contributed by atoms with E-state index < -0.39 is 21.4 Å². The summed E-state index contributed by atoms with van der Waals surface area (Å²) in [5.74, 6) is 0.0368. The molecule has 2 heterocycles. The van der Waals surface area contributed by atoms with E-state index in [1.54, 1.807) is 27.0 Å². The maximum atomic E-state index is 14.9. The van der Waals surface area contributed by atoms with Gasteiger partial charge in [-0.3, -0.25) is 14.3 Å². The van der Waals surface area contributed by atoms with Crippen LogP contribution in [0.5, 0.6) is 5.75 Å². The quantitative estimate of drug-likeness (QED) is 0.370. The summed E-state index contributed by atoms with van der Waals surface area (Å²) in [7, 11) is -1.98. The van der Waals surface area contributed by atoms with Crippen molar-refractivity contribution in [3.8, 4) is 5.75 Å². The molecule has 2 fully saturated rings. The Morgan fingerprint density at radius 2 is 1.96 bits per heavy atom. The molecule has 2 bridgehead atoms. The number of carbonyl (C=O) groups excluding carboxylic acids is 2. The number of halogens is 1. The highest BCUT2D eigenvalue weighted by Gasteiger charge is 2.45. The van der Waals surface area contributed by atoms with Gasteiger partial charge in [0.1, 0.15) is 11.4 Å². The molecule has 1 spiro atoms. The van der Waals surface area contributed by atoms with Crippen LogP contribution in [0.15, 0.2) is 57.8 Å². The molecule has 0 unspecified atom stereocenters. The number of anilines is 1. The van der Waals surface area contributed by atoms with Gasteiger partial charge in [0.25, 0.3) is 5.91 Å². The largest absolute Gasteiger partial charge is 0.490 e. The number of ether oxygens (including phenoxy) is 3. The predicted molar refractivity (Wildman–Crippen MR) is 186 cm³/mol. The SMILES string of the molecule is CO[C@H]1C=CCOC(C)(C)C(=O)N=[S@](=O)(NC(=O)C2CCC2)c2ccc3c(c2)N(C[C@@H]2CC[C@H]21)C[C@@]1(CCCc2cc(Cl)ccc21)CO3. The molecule has 2 amide bonds. The van der Waals surface area contributed by atoms with E-state index in [0.29, 0.717) is 30.7 Å².